The van der Waals surface area contributed by atoms with Crippen molar-refractivity contribution in [3.05, 3.63) is 69.3 Å². The SMILES string of the molecule is CC1(C)c2[nH]nc(NC(=O)c3ccc(N)cc3)c2CN1C(=O)Nc1c(Cl)cccc1Cl. The van der Waals surface area contributed by atoms with Crippen molar-refractivity contribution in [1.29, 1.82) is 0 Å². The number of hydrogen-bond acceptors (Lipinski definition) is 4. The summed E-state index contributed by atoms with van der Waals surface area (Å²) < 4.78 is 0. The van der Waals surface area contributed by atoms with Gasteiger partial charge in [0.2, 0.25) is 0 Å². The number of hydrogen-bond donors (Lipinski definition) is 4. The second kappa shape index (κ2) is 7.79. The Hall–Kier alpha value is -3.23. The smallest absolute Gasteiger partial charge is 0.323 e. The molecule has 3 aromatic rings. The van der Waals surface area contributed by atoms with E-state index in [1.165, 1.54) is 0 Å². The molecule has 2 heterocycles. The Balaban J connectivity index is 1.55. The highest BCUT2D eigenvalue weighted by atomic mass is 35.5. The van der Waals surface area contributed by atoms with Crippen molar-refractivity contribution < 1.29 is 9.59 Å². The molecule has 0 unspecified atom stereocenters. The Kier molecular flexibility index (Phi) is 5.28. The number of nitrogen functional groups attached to an aromatic ring is 1. The summed E-state index contributed by atoms with van der Waals surface area (Å²) >= 11 is 12.4. The van der Waals surface area contributed by atoms with E-state index in [1.54, 1.807) is 47.4 Å². The lowest BCUT2D eigenvalue weighted by Gasteiger charge is -2.32. The van der Waals surface area contributed by atoms with Gasteiger partial charge in [0.05, 0.1) is 33.5 Å². The predicted molar refractivity (Wildman–Crippen MR) is 121 cm³/mol. The number of benzene rings is 2. The number of aromatic nitrogens is 2. The third-order valence-corrected chi connectivity index (χ3v) is 5.94. The van der Waals surface area contributed by atoms with Gasteiger partial charge in [0.15, 0.2) is 5.82 Å². The maximum Gasteiger partial charge on any atom is 0.323 e. The van der Waals surface area contributed by atoms with Gasteiger partial charge in [-0.2, -0.15) is 5.10 Å². The van der Waals surface area contributed by atoms with Crippen molar-refractivity contribution in [3.63, 3.8) is 0 Å². The number of H-pyrrole nitrogens is 1. The number of halogens is 2. The molecule has 0 atom stereocenters. The van der Waals surface area contributed by atoms with E-state index in [0.29, 0.717) is 32.8 Å². The van der Waals surface area contributed by atoms with Gasteiger partial charge in [-0.05, 0) is 50.2 Å². The molecule has 8 nitrogen and oxygen atoms in total. The predicted octanol–water partition coefficient (Wildman–Crippen LogP) is 4.83. The van der Waals surface area contributed by atoms with Crippen LogP contribution < -0.4 is 16.4 Å². The van der Waals surface area contributed by atoms with E-state index in [-0.39, 0.29) is 18.5 Å². The fourth-order valence-electron chi connectivity index (χ4n) is 3.55. The van der Waals surface area contributed by atoms with Crippen LogP contribution in [-0.2, 0) is 12.1 Å². The number of anilines is 3. The van der Waals surface area contributed by atoms with Crippen molar-refractivity contribution in [2.24, 2.45) is 0 Å². The quantitative estimate of drug-likeness (QED) is 0.420. The van der Waals surface area contributed by atoms with Crippen LogP contribution in [-0.4, -0.2) is 27.0 Å². The van der Waals surface area contributed by atoms with Gasteiger partial charge in [0, 0.05) is 16.8 Å². The molecule has 1 aliphatic rings. The minimum absolute atomic E-state index is 0.240. The lowest BCUT2D eigenvalue weighted by Crippen LogP contribution is -2.43. The molecule has 0 aliphatic carbocycles. The number of nitrogens with two attached hydrogens (primary N) is 1. The molecule has 31 heavy (non-hydrogen) atoms. The maximum absolute atomic E-state index is 13.1. The van der Waals surface area contributed by atoms with Gasteiger partial charge in [0.25, 0.3) is 5.91 Å². The van der Waals surface area contributed by atoms with Crippen LogP contribution in [0.2, 0.25) is 10.0 Å². The minimum Gasteiger partial charge on any atom is -0.399 e. The number of carbonyl (C=O) groups is 2. The second-order valence-corrected chi connectivity index (χ2v) is 8.49. The first kappa shape index (κ1) is 21.0. The third kappa shape index (κ3) is 3.80. The number of nitrogens with zero attached hydrogens (tertiary/aromatic N) is 2. The van der Waals surface area contributed by atoms with Gasteiger partial charge in [-0.3, -0.25) is 9.89 Å². The first-order valence-electron chi connectivity index (χ1n) is 9.45. The first-order valence-corrected chi connectivity index (χ1v) is 10.2. The molecule has 0 spiro atoms. The molecule has 0 bridgehead atoms. The highest BCUT2D eigenvalue weighted by Crippen LogP contribution is 2.41. The van der Waals surface area contributed by atoms with E-state index in [1.807, 2.05) is 13.8 Å². The van der Waals surface area contributed by atoms with Gasteiger partial charge < -0.3 is 21.3 Å². The zero-order valence-corrected chi connectivity index (χ0v) is 18.3. The molecule has 2 aromatic carbocycles. The molecule has 160 valence electrons. The van der Waals surface area contributed by atoms with Crippen LogP contribution >= 0.6 is 23.2 Å². The first-order chi connectivity index (χ1) is 14.7. The van der Waals surface area contributed by atoms with Crippen LogP contribution in [0.4, 0.5) is 22.0 Å². The molecule has 4 rings (SSSR count). The molecule has 10 heteroatoms. The Morgan fingerprint density at radius 1 is 1.10 bits per heavy atom. The molecule has 0 saturated heterocycles. The van der Waals surface area contributed by atoms with Gasteiger partial charge in [-0.15, -0.1) is 0 Å². The molecular weight excluding hydrogens is 439 g/mol. The van der Waals surface area contributed by atoms with E-state index < -0.39 is 5.54 Å². The van der Waals surface area contributed by atoms with Crippen LogP contribution in [0.1, 0.15) is 35.5 Å². The van der Waals surface area contributed by atoms with E-state index in [9.17, 15) is 9.59 Å². The number of amides is 3. The summed E-state index contributed by atoms with van der Waals surface area (Å²) in [7, 11) is 0. The Labute approximate surface area is 188 Å². The number of aromatic amines is 1. The molecule has 1 aliphatic heterocycles. The van der Waals surface area contributed by atoms with E-state index >= 15 is 0 Å². The number of carbonyl (C=O) groups excluding carboxylic acids is 2. The lowest BCUT2D eigenvalue weighted by atomic mass is 10.0. The highest BCUT2D eigenvalue weighted by molar-refractivity contribution is 6.39. The summed E-state index contributed by atoms with van der Waals surface area (Å²) in [5, 5.41) is 13.5. The van der Waals surface area contributed by atoms with Gasteiger partial charge in [-0.25, -0.2) is 4.79 Å². The Morgan fingerprint density at radius 3 is 2.39 bits per heavy atom. The average Bonchev–Trinajstić information content (AvgIpc) is 3.23. The Morgan fingerprint density at radius 2 is 1.74 bits per heavy atom. The normalized spacial score (nSPS) is 14.3. The van der Waals surface area contributed by atoms with Crippen molar-refractivity contribution in [2.75, 3.05) is 16.4 Å². The number of rotatable bonds is 3. The third-order valence-electron chi connectivity index (χ3n) is 5.31. The zero-order valence-electron chi connectivity index (χ0n) is 16.8. The maximum atomic E-state index is 13.1. The zero-order chi connectivity index (χ0) is 22.3. The average molecular weight is 459 g/mol. The summed E-state index contributed by atoms with van der Waals surface area (Å²) in [5.74, 6) is 0.0498. The fraction of sp³-hybridized carbons (Fsp3) is 0.190. The molecule has 0 fully saturated rings. The van der Waals surface area contributed by atoms with Crippen molar-refractivity contribution in [1.82, 2.24) is 15.1 Å². The molecule has 1 aromatic heterocycles. The van der Waals surface area contributed by atoms with Crippen LogP contribution in [0.15, 0.2) is 42.5 Å². The Bertz CT molecular complexity index is 1150. The lowest BCUT2D eigenvalue weighted by molar-refractivity contribution is 0.102. The van der Waals surface area contributed by atoms with Crippen molar-refractivity contribution in [2.45, 2.75) is 25.9 Å². The molecule has 3 amide bonds. The highest BCUT2D eigenvalue weighted by Gasteiger charge is 2.44. The van der Waals surface area contributed by atoms with Crippen LogP contribution in [0.25, 0.3) is 0 Å². The molecular formula is C21H20Cl2N6O2. The van der Waals surface area contributed by atoms with Crippen molar-refractivity contribution in [3.8, 4) is 0 Å². The summed E-state index contributed by atoms with van der Waals surface area (Å²) in [6, 6.07) is 11.2. The summed E-state index contributed by atoms with van der Waals surface area (Å²) in [5.41, 5.74) is 7.80. The number of para-hydroxylation sites is 1. The fourth-order valence-corrected chi connectivity index (χ4v) is 4.04. The summed E-state index contributed by atoms with van der Waals surface area (Å²) in [6.45, 7) is 4.01. The second-order valence-electron chi connectivity index (χ2n) is 7.67. The van der Waals surface area contributed by atoms with Crippen LogP contribution in [0, 0.1) is 0 Å². The monoisotopic (exact) mass is 458 g/mol. The molecule has 5 N–H and O–H groups in total. The largest absolute Gasteiger partial charge is 0.399 e. The van der Waals surface area contributed by atoms with Gasteiger partial charge in [-0.1, -0.05) is 29.3 Å². The van der Waals surface area contributed by atoms with E-state index in [0.717, 1.165) is 11.3 Å². The summed E-state index contributed by atoms with van der Waals surface area (Å²) in [6.07, 6.45) is 0. The summed E-state index contributed by atoms with van der Waals surface area (Å²) in [4.78, 5) is 27.3. The molecule has 0 saturated carbocycles. The van der Waals surface area contributed by atoms with Gasteiger partial charge in [0.1, 0.15) is 0 Å². The standard InChI is InChI=1S/C21H20Cl2N6O2/c1-21(2)17-13(10-29(21)20(31)25-16-14(22)4-3-5-15(16)23)18(28-27-17)26-19(30)11-6-8-12(24)9-7-11/h3-9H,10,24H2,1-2H3,(H,25,31)(H2,26,27,28,30). The minimum atomic E-state index is -0.704. The van der Waals surface area contributed by atoms with E-state index in [2.05, 4.69) is 20.8 Å². The van der Waals surface area contributed by atoms with Crippen molar-refractivity contribution >= 4 is 52.3 Å². The number of fused-ring (bicyclic) bond motifs is 1. The number of nitrogens with one attached hydrogen (secondary N) is 3. The van der Waals surface area contributed by atoms with Crippen LogP contribution in [0.3, 0.4) is 0 Å². The van der Waals surface area contributed by atoms with Crippen LogP contribution in [0.5, 0.6) is 0 Å². The van der Waals surface area contributed by atoms with Gasteiger partial charge >= 0.3 is 6.03 Å². The molecule has 0 radical (unpaired) electrons. The topological polar surface area (TPSA) is 116 Å². The van der Waals surface area contributed by atoms with E-state index in [4.69, 9.17) is 28.9 Å². The number of urea groups is 1.